The molecule has 0 bridgehead atoms. The van der Waals surface area contributed by atoms with E-state index < -0.39 is 17.5 Å². The number of hydrogen-bond donors (Lipinski definition) is 1. The number of carbonyl (C=O) groups is 2. The Kier molecular flexibility index (Phi) is 2.94. The van der Waals surface area contributed by atoms with Crippen LogP contribution in [0.5, 0.6) is 11.5 Å². The van der Waals surface area contributed by atoms with Crippen LogP contribution in [0.2, 0.25) is 0 Å². The summed E-state index contributed by atoms with van der Waals surface area (Å²) in [4.78, 5) is 25.0. The maximum atomic E-state index is 12.3. The van der Waals surface area contributed by atoms with Crippen molar-refractivity contribution >= 4 is 11.9 Å². The van der Waals surface area contributed by atoms with Crippen LogP contribution in [0, 0.1) is 11.3 Å². The fraction of sp³-hybridized carbons (Fsp3) is 0.357. The lowest BCUT2D eigenvalue weighted by Gasteiger charge is -2.21. The highest BCUT2D eigenvalue weighted by atomic mass is 16.7. The molecule has 0 unspecified atom stereocenters. The van der Waals surface area contributed by atoms with Gasteiger partial charge in [0, 0.05) is 6.42 Å². The second-order valence-electron chi connectivity index (χ2n) is 5.18. The second kappa shape index (κ2) is 4.66. The smallest absolute Gasteiger partial charge is 0.325 e. The minimum absolute atomic E-state index is 0.182. The lowest BCUT2D eigenvalue weighted by Crippen LogP contribution is -2.46. The van der Waals surface area contributed by atoms with Gasteiger partial charge in [-0.25, -0.2) is 9.69 Å². The van der Waals surface area contributed by atoms with Crippen molar-refractivity contribution in [2.45, 2.75) is 18.9 Å². The first kappa shape index (κ1) is 13.2. The Labute approximate surface area is 121 Å². The predicted octanol–water partition coefficient (Wildman–Crippen LogP) is 0.792. The molecular weight excluding hydrogens is 274 g/mol. The summed E-state index contributed by atoms with van der Waals surface area (Å²) < 4.78 is 10.5. The average Bonchev–Trinajstić information content (AvgIpc) is 2.97. The van der Waals surface area contributed by atoms with E-state index in [1.807, 2.05) is 12.1 Å². The minimum atomic E-state index is -1.05. The first-order valence-electron chi connectivity index (χ1n) is 6.43. The molecule has 0 aliphatic carbocycles. The summed E-state index contributed by atoms with van der Waals surface area (Å²) in [6.45, 7) is 1.58. The molecule has 0 radical (unpaired) electrons. The maximum absolute atomic E-state index is 12.3. The van der Waals surface area contributed by atoms with Crippen LogP contribution in [0.3, 0.4) is 0 Å². The summed E-state index contributed by atoms with van der Waals surface area (Å²) in [7, 11) is 0. The summed E-state index contributed by atoms with van der Waals surface area (Å²) >= 11 is 0. The molecule has 1 N–H and O–H groups in total. The Morgan fingerprint density at radius 2 is 2.14 bits per heavy atom. The fourth-order valence-electron chi connectivity index (χ4n) is 2.54. The van der Waals surface area contributed by atoms with E-state index in [1.165, 1.54) is 0 Å². The third-order valence-corrected chi connectivity index (χ3v) is 3.57. The Morgan fingerprint density at radius 3 is 2.90 bits per heavy atom. The van der Waals surface area contributed by atoms with E-state index in [1.54, 1.807) is 19.1 Å². The molecule has 2 aliphatic heterocycles. The van der Waals surface area contributed by atoms with Gasteiger partial charge >= 0.3 is 6.03 Å². The third kappa shape index (κ3) is 2.14. The molecule has 2 aliphatic rings. The highest BCUT2D eigenvalue weighted by Gasteiger charge is 2.47. The number of benzene rings is 1. The molecule has 2 heterocycles. The zero-order valence-electron chi connectivity index (χ0n) is 11.4. The van der Waals surface area contributed by atoms with E-state index >= 15 is 0 Å². The number of rotatable bonds is 3. The Morgan fingerprint density at radius 1 is 1.38 bits per heavy atom. The quantitative estimate of drug-likeness (QED) is 0.655. The zero-order chi connectivity index (χ0) is 15.0. The number of amides is 3. The molecule has 1 fully saturated rings. The number of imide groups is 1. The van der Waals surface area contributed by atoms with Crippen molar-refractivity contribution < 1.29 is 19.1 Å². The molecule has 0 spiro atoms. The molecule has 7 heteroatoms. The second-order valence-corrected chi connectivity index (χ2v) is 5.18. The summed E-state index contributed by atoms with van der Waals surface area (Å²) in [6, 6.07) is 6.67. The van der Waals surface area contributed by atoms with Crippen LogP contribution >= 0.6 is 0 Å². The number of nitrogens with one attached hydrogen (secondary N) is 1. The topological polar surface area (TPSA) is 91.7 Å². The molecule has 1 aromatic carbocycles. The van der Waals surface area contributed by atoms with E-state index in [0.717, 1.165) is 10.5 Å². The van der Waals surface area contributed by atoms with Crippen molar-refractivity contribution in [3.8, 4) is 17.6 Å². The molecular formula is C14H13N3O4. The Bertz CT molecular complexity index is 667. The van der Waals surface area contributed by atoms with Crippen LogP contribution in [0.15, 0.2) is 18.2 Å². The van der Waals surface area contributed by atoms with Gasteiger partial charge in [-0.05, 0) is 24.6 Å². The van der Waals surface area contributed by atoms with E-state index in [0.29, 0.717) is 17.9 Å². The monoisotopic (exact) mass is 287 g/mol. The van der Waals surface area contributed by atoms with Crippen LogP contribution in [-0.2, 0) is 11.2 Å². The van der Waals surface area contributed by atoms with E-state index in [-0.39, 0.29) is 13.3 Å². The van der Waals surface area contributed by atoms with Gasteiger partial charge in [-0.2, -0.15) is 5.26 Å². The normalized spacial score (nSPS) is 23.1. The van der Waals surface area contributed by atoms with Gasteiger partial charge in [-0.1, -0.05) is 6.07 Å². The molecule has 108 valence electrons. The third-order valence-electron chi connectivity index (χ3n) is 3.57. The van der Waals surface area contributed by atoms with Crippen LogP contribution in [0.1, 0.15) is 12.5 Å². The van der Waals surface area contributed by atoms with Gasteiger partial charge in [0.1, 0.15) is 12.1 Å². The SMILES string of the molecule is C[C@@]1(Cc2ccc3c(c2)OCO3)NC(=O)N(CC#N)C1=O. The minimum Gasteiger partial charge on any atom is -0.454 e. The average molecular weight is 287 g/mol. The lowest BCUT2D eigenvalue weighted by atomic mass is 9.92. The molecule has 1 saturated heterocycles. The van der Waals surface area contributed by atoms with Gasteiger partial charge in [0.05, 0.1) is 6.07 Å². The summed E-state index contributed by atoms with van der Waals surface area (Å²) in [5.41, 5.74) is -0.212. The van der Waals surface area contributed by atoms with E-state index in [4.69, 9.17) is 14.7 Å². The molecule has 0 saturated carbocycles. The van der Waals surface area contributed by atoms with Crippen molar-refractivity contribution in [1.82, 2.24) is 10.2 Å². The van der Waals surface area contributed by atoms with Crippen LogP contribution < -0.4 is 14.8 Å². The summed E-state index contributed by atoms with van der Waals surface area (Å²) in [5, 5.41) is 11.3. The maximum Gasteiger partial charge on any atom is 0.325 e. The highest BCUT2D eigenvalue weighted by molar-refractivity contribution is 6.07. The van der Waals surface area contributed by atoms with Crippen molar-refractivity contribution in [2.75, 3.05) is 13.3 Å². The molecule has 1 aromatic rings. The van der Waals surface area contributed by atoms with Crippen LogP contribution in [-0.4, -0.2) is 35.7 Å². The van der Waals surface area contributed by atoms with Gasteiger partial charge in [-0.15, -0.1) is 0 Å². The molecule has 3 amide bonds. The standard InChI is InChI=1S/C14H13N3O4/c1-14(12(18)17(5-4-15)13(19)16-14)7-9-2-3-10-11(6-9)21-8-20-10/h2-3,6H,5,7-8H2,1H3,(H,16,19)/t14-/m0/s1. The predicted molar refractivity (Wildman–Crippen MR) is 70.5 cm³/mol. The Balaban J connectivity index is 1.83. The highest BCUT2D eigenvalue weighted by Crippen LogP contribution is 2.34. The number of hydrogen-bond acceptors (Lipinski definition) is 5. The molecule has 7 nitrogen and oxygen atoms in total. The van der Waals surface area contributed by atoms with E-state index in [2.05, 4.69) is 5.32 Å². The number of nitrogens with zero attached hydrogens (tertiary/aromatic N) is 2. The van der Waals surface area contributed by atoms with Gasteiger partial charge in [-0.3, -0.25) is 4.79 Å². The summed E-state index contributed by atoms with van der Waals surface area (Å²) in [6.07, 6.45) is 0.316. The van der Waals surface area contributed by atoms with Crippen LogP contribution in [0.4, 0.5) is 4.79 Å². The largest absolute Gasteiger partial charge is 0.454 e. The number of carbonyl (C=O) groups excluding carboxylic acids is 2. The number of urea groups is 1. The number of nitriles is 1. The lowest BCUT2D eigenvalue weighted by molar-refractivity contribution is -0.130. The van der Waals surface area contributed by atoms with Crippen molar-refractivity contribution in [1.29, 1.82) is 5.26 Å². The molecule has 0 aromatic heterocycles. The summed E-state index contributed by atoms with van der Waals surface area (Å²) in [5.74, 6) is 0.894. The molecule has 21 heavy (non-hydrogen) atoms. The Hall–Kier alpha value is -2.75. The number of fused-ring (bicyclic) bond motifs is 1. The van der Waals surface area contributed by atoms with E-state index in [9.17, 15) is 9.59 Å². The van der Waals surface area contributed by atoms with Crippen LogP contribution in [0.25, 0.3) is 0 Å². The fourth-order valence-corrected chi connectivity index (χ4v) is 2.54. The first-order chi connectivity index (χ1) is 10.0. The molecule has 3 rings (SSSR count). The number of ether oxygens (including phenoxy) is 2. The van der Waals surface area contributed by atoms with Gasteiger partial charge in [0.15, 0.2) is 11.5 Å². The van der Waals surface area contributed by atoms with Crippen molar-refractivity contribution in [3.63, 3.8) is 0 Å². The van der Waals surface area contributed by atoms with Crippen molar-refractivity contribution in [3.05, 3.63) is 23.8 Å². The zero-order valence-corrected chi connectivity index (χ0v) is 11.4. The van der Waals surface area contributed by atoms with Gasteiger partial charge < -0.3 is 14.8 Å². The molecule has 1 atom stereocenters. The van der Waals surface area contributed by atoms with Gasteiger partial charge in [0.2, 0.25) is 6.79 Å². The van der Waals surface area contributed by atoms with Gasteiger partial charge in [0.25, 0.3) is 5.91 Å². The van der Waals surface area contributed by atoms with Crippen molar-refractivity contribution in [2.24, 2.45) is 0 Å². The first-order valence-corrected chi connectivity index (χ1v) is 6.43.